The highest BCUT2D eigenvalue weighted by molar-refractivity contribution is 14.1. The minimum Gasteiger partial charge on any atom is -0.248 e. The Morgan fingerprint density at radius 1 is 1.70 bits per heavy atom. The molecular weight excluding hydrogens is 307 g/mol. The molecule has 50 valence electrons. The lowest BCUT2D eigenvalue weighted by Crippen LogP contribution is -1.85. The van der Waals surface area contributed by atoms with Crippen LogP contribution in [0, 0.1) is 15.0 Å². The first-order valence-corrected chi connectivity index (χ1v) is 4.32. The first kappa shape index (κ1) is 7.95. The summed E-state index contributed by atoms with van der Waals surface area (Å²) in [6.45, 7) is 0. The van der Waals surface area contributed by atoms with Crippen molar-refractivity contribution in [1.29, 1.82) is 5.26 Å². The van der Waals surface area contributed by atoms with Gasteiger partial charge in [0.25, 0.3) is 0 Å². The quantitative estimate of drug-likeness (QED) is 0.545. The van der Waals surface area contributed by atoms with E-state index in [1.165, 1.54) is 0 Å². The minimum absolute atomic E-state index is 0.606. The Morgan fingerprint density at radius 3 is 2.90 bits per heavy atom. The van der Waals surface area contributed by atoms with E-state index in [4.69, 9.17) is 5.26 Å². The summed E-state index contributed by atoms with van der Waals surface area (Å²) >= 11 is 5.24. The van der Waals surface area contributed by atoms with Crippen LogP contribution in [0.15, 0.2) is 16.7 Å². The number of hydrogen-bond acceptors (Lipinski definition) is 2. The maximum Gasteiger partial charge on any atom is 0.119 e. The van der Waals surface area contributed by atoms with Gasteiger partial charge in [0.05, 0.1) is 5.56 Å². The second kappa shape index (κ2) is 3.30. The van der Waals surface area contributed by atoms with E-state index in [0.29, 0.717) is 5.56 Å². The lowest BCUT2D eigenvalue weighted by atomic mass is 10.3. The number of nitriles is 1. The second-order valence-corrected chi connectivity index (χ2v) is 3.54. The van der Waals surface area contributed by atoms with E-state index in [0.717, 1.165) is 8.17 Å². The molecule has 10 heavy (non-hydrogen) atoms. The van der Waals surface area contributed by atoms with Crippen LogP contribution in [0.4, 0.5) is 0 Å². The zero-order chi connectivity index (χ0) is 7.56. The van der Waals surface area contributed by atoms with Gasteiger partial charge in [0, 0.05) is 10.7 Å². The van der Waals surface area contributed by atoms with Gasteiger partial charge in [0.2, 0.25) is 0 Å². The maximum absolute atomic E-state index is 8.53. The van der Waals surface area contributed by atoms with E-state index >= 15 is 0 Å². The Kier molecular flexibility index (Phi) is 2.63. The highest BCUT2D eigenvalue weighted by Crippen LogP contribution is 2.13. The number of aromatic nitrogens is 1. The molecule has 0 bridgehead atoms. The van der Waals surface area contributed by atoms with Gasteiger partial charge < -0.3 is 0 Å². The lowest BCUT2D eigenvalue weighted by molar-refractivity contribution is 1.23. The smallest absolute Gasteiger partial charge is 0.119 e. The van der Waals surface area contributed by atoms with Crippen molar-refractivity contribution in [2.75, 3.05) is 0 Å². The van der Waals surface area contributed by atoms with E-state index < -0.39 is 0 Å². The third kappa shape index (κ3) is 1.67. The highest BCUT2D eigenvalue weighted by Gasteiger charge is 1.98. The zero-order valence-electron chi connectivity index (χ0n) is 4.81. The molecule has 1 aromatic heterocycles. The van der Waals surface area contributed by atoms with Gasteiger partial charge in [-0.3, -0.25) is 0 Å². The number of rotatable bonds is 0. The fraction of sp³-hybridized carbons (Fsp3) is 0. The molecule has 0 N–H and O–H groups in total. The normalized spacial score (nSPS) is 8.90. The second-order valence-electron chi connectivity index (χ2n) is 1.60. The summed E-state index contributed by atoms with van der Waals surface area (Å²) < 4.78 is 1.58. The molecule has 0 aliphatic heterocycles. The molecule has 0 fully saturated rings. The molecule has 0 saturated heterocycles. The molecule has 2 nitrogen and oxygen atoms in total. The standard InChI is InChI=1S/C6H2BrIN2/c7-5-1-4(2-9)6(8)10-3-5/h1,3H. The average molecular weight is 309 g/mol. The van der Waals surface area contributed by atoms with Crippen LogP contribution in [0.5, 0.6) is 0 Å². The fourth-order valence-electron chi connectivity index (χ4n) is 0.501. The molecule has 4 heteroatoms. The van der Waals surface area contributed by atoms with Crippen molar-refractivity contribution < 1.29 is 0 Å². The lowest BCUT2D eigenvalue weighted by Gasteiger charge is -1.92. The third-order valence-corrected chi connectivity index (χ3v) is 2.22. The predicted molar refractivity (Wildman–Crippen MR) is 49.4 cm³/mol. The molecule has 0 atom stereocenters. The van der Waals surface area contributed by atoms with Crippen molar-refractivity contribution in [1.82, 2.24) is 4.98 Å². The Hall–Kier alpha value is -0.150. The minimum atomic E-state index is 0.606. The summed E-state index contributed by atoms with van der Waals surface area (Å²) in [4.78, 5) is 3.97. The zero-order valence-corrected chi connectivity index (χ0v) is 8.55. The summed E-state index contributed by atoms with van der Waals surface area (Å²) in [5.41, 5.74) is 0.606. The molecular formula is C6H2BrIN2. The Balaban J connectivity index is 3.25. The van der Waals surface area contributed by atoms with Crippen molar-refractivity contribution in [3.05, 3.63) is 26.0 Å². The van der Waals surface area contributed by atoms with Gasteiger partial charge in [-0.2, -0.15) is 5.26 Å². The topological polar surface area (TPSA) is 36.7 Å². The number of halogens is 2. The molecule has 1 rings (SSSR count). The number of pyridine rings is 1. The highest BCUT2D eigenvalue weighted by atomic mass is 127. The summed E-state index contributed by atoms with van der Waals surface area (Å²) in [6.07, 6.45) is 1.67. The van der Waals surface area contributed by atoms with Crippen LogP contribution in [0.1, 0.15) is 5.56 Å². The SMILES string of the molecule is N#Cc1cc(Br)cnc1I. The Morgan fingerprint density at radius 2 is 2.40 bits per heavy atom. The van der Waals surface area contributed by atoms with Gasteiger partial charge in [-0.25, -0.2) is 4.98 Å². The molecule has 0 spiro atoms. The first-order valence-electron chi connectivity index (χ1n) is 2.45. The van der Waals surface area contributed by atoms with Crippen molar-refractivity contribution in [2.45, 2.75) is 0 Å². The summed E-state index contributed by atoms with van der Waals surface area (Å²) in [5, 5.41) is 8.53. The van der Waals surface area contributed by atoms with Gasteiger partial charge in [-0.1, -0.05) is 0 Å². The maximum atomic E-state index is 8.53. The molecule has 0 aliphatic carbocycles. The predicted octanol–water partition coefficient (Wildman–Crippen LogP) is 2.32. The van der Waals surface area contributed by atoms with Gasteiger partial charge in [0.15, 0.2) is 0 Å². The van der Waals surface area contributed by atoms with Crippen LogP contribution >= 0.6 is 38.5 Å². The Bertz CT molecular complexity index is 292. The van der Waals surface area contributed by atoms with Crippen LogP contribution in [-0.2, 0) is 0 Å². The van der Waals surface area contributed by atoms with Crippen molar-refractivity contribution in [2.24, 2.45) is 0 Å². The molecule has 0 radical (unpaired) electrons. The number of nitrogens with zero attached hydrogens (tertiary/aromatic N) is 2. The summed E-state index contributed by atoms with van der Waals surface area (Å²) in [5.74, 6) is 0. The van der Waals surface area contributed by atoms with Crippen LogP contribution in [0.3, 0.4) is 0 Å². The molecule has 0 aromatic carbocycles. The Labute approximate surface area is 80.5 Å². The molecule has 0 unspecified atom stereocenters. The third-order valence-electron chi connectivity index (χ3n) is 0.926. The molecule has 0 saturated carbocycles. The fourth-order valence-corrected chi connectivity index (χ4v) is 1.25. The van der Waals surface area contributed by atoms with E-state index in [-0.39, 0.29) is 0 Å². The average Bonchev–Trinajstić information content (AvgIpc) is 1.94. The van der Waals surface area contributed by atoms with Gasteiger partial charge in [0.1, 0.15) is 9.77 Å². The van der Waals surface area contributed by atoms with E-state index in [1.54, 1.807) is 12.3 Å². The van der Waals surface area contributed by atoms with Crippen LogP contribution in [0.2, 0.25) is 0 Å². The van der Waals surface area contributed by atoms with Gasteiger partial charge in [-0.15, -0.1) is 0 Å². The van der Waals surface area contributed by atoms with E-state index in [2.05, 4.69) is 20.9 Å². The molecule has 0 aliphatic rings. The van der Waals surface area contributed by atoms with Crippen LogP contribution in [-0.4, -0.2) is 4.98 Å². The molecule has 1 aromatic rings. The monoisotopic (exact) mass is 308 g/mol. The van der Waals surface area contributed by atoms with Crippen LogP contribution in [0.25, 0.3) is 0 Å². The van der Waals surface area contributed by atoms with Crippen molar-refractivity contribution in [3.63, 3.8) is 0 Å². The molecule has 1 heterocycles. The van der Waals surface area contributed by atoms with Crippen molar-refractivity contribution >= 4 is 38.5 Å². The van der Waals surface area contributed by atoms with Gasteiger partial charge >= 0.3 is 0 Å². The summed E-state index contributed by atoms with van der Waals surface area (Å²) in [6, 6.07) is 3.78. The molecule has 0 amide bonds. The largest absolute Gasteiger partial charge is 0.248 e. The first-order chi connectivity index (χ1) is 4.74. The summed E-state index contributed by atoms with van der Waals surface area (Å²) in [7, 11) is 0. The number of hydrogen-bond donors (Lipinski definition) is 0. The van der Waals surface area contributed by atoms with Gasteiger partial charge in [-0.05, 0) is 44.6 Å². The van der Waals surface area contributed by atoms with E-state index in [9.17, 15) is 0 Å². The van der Waals surface area contributed by atoms with Crippen molar-refractivity contribution in [3.8, 4) is 6.07 Å². The van der Waals surface area contributed by atoms with E-state index in [1.807, 2.05) is 28.7 Å². The van der Waals surface area contributed by atoms with Crippen LogP contribution < -0.4 is 0 Å².